The summed E-state index contributed by atoms with van der Waals surface area (Å²) in [6.45, 7) is 1.25. The quantitative estimate of drug-likeness (QED) is 0.696. The lowest BCUT2D eigenvalue weighted by Gasteiger charge is -2.27. The largest absolute Gasteiger partial charge is 0.460 e. The lowest BCUT2D eigenvalue weighted by atomic mass is 10.2. The Balaban J connectivity index is 1.70. The Kier molecular flexibility index (Phi) is 3.31. The fraction of sp³-hybridized carbons (Fsp3) is 0.333. The average molecular weight is 219 g/mol. The lowest BCUT2D eigenvalue weighted by Crippen LogP contribution is -2.49. The van der Waals surface area contributed by atoms with Gasteiger partial charge in [0, 0.05) is 0 Å². The number of ether oxygens (including phenoxy) is 1. The van der Waals surface area contributed by atoms with Gasteiger partial charge in [-0.3, -0.25) is 14.5 Å². The molecule has 1 fully saturated rings. The monoisotopic (exact) mass is 219 g/mol. The summed E-state index contributed by atoms with van der Waals surface area (Å²) >= 11 is 0. The number of hydrogen-bond acceptors (Lipinski definition) is 4. The molecule has 1 saturated heterocycles. The highest BCUT2D eigenvalue weighted by Crippen LogP contribution is 2.04. The van der Waals surface area contributed by atoms with Crippen LogP contribution >= 0.6 is 0 Å². The van der Waals surface area contributed by atoms with Gasteiger partial charge < -0.3 is 4.74 Å². The van der Waals surface area contributed by atoms with Crippen molar-refractivity contribution in [3.63, 3.8) is 0 Å². The molecule has 0 N–H and O–H groups in total. The van der Waals surface area contributed by atoms with Crippen LogP contribution in [0.15, 0.2) is 30.3 Å². The van der Waals surface area contributed by atoms with E-state index in [-0.39, 0.29) is 18.3 Å². The minimum atomic E-state index is -0.281. The minimum absolute atomic E-state index is 0.177. The maximum Gasteiger partial charge on any atom is 0.320 e. The van der Waals surface area contributed by atoms with Crippen LogP contribution in [0.25, 0.3) is 0 Å². The normalized spacial score (nSPS) is 15.6. The van der Waals surface area contributed by atoms with Crippen LogP contribution in [0.4, 0.5) is 0 Å². The van der Waals surface area contributed by atoms with Crippen LogP contribution < -0.4 is 0 Å². The first kappa shape index (κ1) is 10.8. The molecule has 0 amide bonds. The Hall–Kier alpha value is -1.68. The number of likely N-dealkylation sites (tertiary alicyclic amines) is 1. The Morgan fingerprint density at radius 3 is 2.56 bits per heavy atom. The molecule has 4 nitrogen and oxygen atoms in total. The highest BCUT2D eigenvalue weighted by Gasteiger charge is 2.25. The van der Waals surface area contributed by atoms with Crippen molar-refractivity contribution in [1.29, 1.82) is 0 Å². The summed E-state index contributed by atoms with van der Waals surface area (Å²) in [6.07, 6.45) is 0. The van der Waals surface area contributed by atoms with Crippen LogP contribution in [0.1, 0.15) is 5.56 Å². The van der Waals surface area contributed by atoms with Gasteiger partial charge >= 0.3 is 5.97 Å². The van der Waals surface area contributed by atoms with Gasteiger partial charge in [0.1, 0.15) is 6.61 Å². The van der Waals surface area contributed by atoms with Crippen molar-refractivity contribution in [1.82, 2.24) is 4.90 Å². The SMILES string of the molecule is O=C1CN(CC(=O)OCc2ccccc2)C1. The predicted molar refractivity (Wildman–Crippen MR) is 57.7 cm³/mol. The van der Waals surface area contributed by atoms with E-state index >= 15 is 0 Å². The molecule has 0 aliphatic carbocycles. The second-order valence-electron chi connectivity index (χ2n) is 3.83. The Morgan fingerprint density at radius 1 is 1.25 bits per heavy atom. The number of benzene rings is 1. The van der Waals surface area contributed by atoms with Crippen LogP contribution in [-0.2, 0) is 20.9 Å². The summed E-state index contributed by atoms with van der Waals surface area (Å²) in [7, 11) is 0. The topological polar surface area (TPSA) is 46.6 Å². The first-order valence-corrected chi connectivity index (χ1v) is 5.17. The van der Waals surface area contributed by atoms with Crippen molar-refractivity contribution in [2.45, 2.75) is 6.61 Å². The van der Waals surface area contributed by atoms with Crippen LogP contribution in [0, 0.1) is 0 Å². The molecule has 0 atom stereocenters. The molecule has 84 valence electrons. The van der Waals surface area contributed by atoms with Gasteiger partial charge in [0.15, 0.2) is 5.78 Å². The van der Waals surface area contributed by atoms with Gasteiger partial charge in [0.2, 0.25) is 0 Å². The molecule has 1 aromatic rings. The maximum atomic E-state index is 11.4. The van der Waals surface area contributed by atoms with E-state index in [0.29, 0.717) is 19.7 Å². The molecule has 1 aromatic carbocycles. The third kappa shape index (κ3) is 2.90. The van der Waals surface area contributed by atoms with Gasteiger partial charge in [0.05, 0.1) is 19.6 Å². The van der Waals surface area contributed by atoms with Crippen molar-refractivity contribution in [3.05, 3.63) is 35.9 Å². The molecule has 2 rings (SSSR count). The molecule has 0 aromatic heterocycles. The summed E-state index contributed by atoms with van der Waals surface area (Å²) in [6, 6.07) is 9.52. The van der Waals surface area contributed by atoms with Crippen LogP contribution in [0.3, 0.4) is 0 Å². The Labute approximate surface area is 93.8 Å². The molecule has 0 bridgehead atoms. The zero-order chi connectivity index (χ0) is 11.4. The number of rotatable bonds is 4. The standard InChI is InChI=1S/C12H13NO3/c14-11-6-13(7-11)8-12(15)16-9-10-4-2-1-3-5-10/h1-5H,6-9H2. The van der Waals surface area contributed by atoms with E-state index in [0.717, 1.165) is 5.56 Å². The molecule has 1 aliphatic rings. The molecule has 0 spiro atoms. The number of esters is 1. The molecule has 0 radical (unpaired) electrons. The van der Waals surface area contributed by atoms with Crippen molar-refractivity contribution in [2.24, 2.45) is 0 Å². The molecular weight excluding hydrogens is 206 g/mol. The molecule has 0 saturated carbocycles. The molecule has 1 aliphatic heterocycles. The number of ketones is 1. The van der Waals surface area contributed by atoms with E-state index < -0.39 is 0 Å². The number of carbonyl (C=O) groups is 2. The van der Waals surface area contributed by atoms with Gasteiger partial charge in [0.25, 0.3) is 0 Å². The van der Waals surface area contributed by atoms with Gasteiger partial charge in [-0.15, -0.1) is 0 Å². The Morgan fingerprint density at radius 2 is 1.94 bits per heavy atom. The van der Waals surface area contributed by atoms with Gasteiger partial charge in [-0.2, -0.15) is 0 Å². The zero-order valence-corrected chi connectivity index (χ0v) is 8.89. The highest BCUT2D eigenvalue weighted by atomic mass is 16.5. The van der Waals surface area contributed by atoms with E-state index in [1.165, 1.54) is 0 Å². The van der Waals surface area contributed by atoms with Crippen molar-refractivity contribution in [3.8, 4) is 0 Å². The van der Waals surface area contributed by atoms with Gasteiger partial charge in [-0.1, -0.05) is 30.3 Å². The van der Waals surface area contributed by atoms with E-state index in [2.05, 4.69) is 0 Å². The van der Waals surface area contributed by atoms with Gasteiger partial charge in [-0.25, -0.2) is 0 Å². The first-order chi connectivity index (χ1) is 7.74. The van der Waals surface area contributed by atoms with Crippen LogP contribution in [0.5, 0.6) is 0 Å². The third-order valence-electron chi connectivity index (χ3n) is 2.40. The van der Waals surface area contributed by atoms with Crippen molar-refractivity contribution < 1.29 is 14.3 Å². The summed E-state index contributed by atoms with van der Waals surface area (Å²) in [5, 5.41) is 0. The summed E-state index contributed by atoms with van der Waals surface area (Å²) in [5.74, 6) is -0.104. The average Bonchev–Trinajstić information content (AvgIpc) is 2.26. The van der Waals surface area contributed by atoms with Crippen LogP contribution in [-0.4, -0.2) is 36.3 Å². The molecule has 1 heterocycles. The lowest BCUT2D eigenvalue weighted by molar-refractivity contribution is -0.148. The number of nitrogens with zero attached hydrogens (tertiary/aromatic N) is 1. The summed E-state index contributed by atoms with van der Waals surface area (Å²) in [5.41, 5.74) is 0.968. The number of carbonyl (C=O) groups excluding carboxylic acids is 2. The fourth-order valence-electron chi connectivity index (χ4n) is 1.53. The van der Waals surface area contributed by atoms with E-state index in [9.17, 15) is 9.59 Å². The second kappa shape index (κ2) is 4.90. The first-order valence-electron chi connectivity index (χ1n) is 5.17. The number of Topliss-reactive ketones (excluding diaryl/α,β-unsaturated/α-hetero) is 1. The fourth-order valence-corrected chi connectivity index (χ4v) is 1.53. The maximum absolute atomic E-state index is 11.4. The zero-order valence-electron chi connectivity index (χ0n) is 8.89. The molecule has 4 heteroatoms. The van der Waals surface area contributed by atoms with Gasteiger partial charge in [-0.05, 0) is 5.56 Å². The number of hydrogen-bond donors (Lipinski definition) is 0. The third-order valence-corrected chi connectivity index (χ3v) is 2.40. The summed E-state index contributed by atoms with van der Waals surface area (Å²) in [4.78, 5) is 23.8. The summed E-state index contributed by atoms with van der Waals surface area (Å²) < 4.78 is 5.08. The van der Waals surface area contributed by atoms with Crippen molar-refractivity contribution >= 4 is 11.8 Å². The molecule has 0 unspecified atom stereocenters. The van der Waals surface area contributed by atoms with Crippen LogP contribution in [0.2, 0.25) is 0 Å². The predicted octanol–water partition coefficient (Wildman–Crippen LogP) is 0.614. The van der Waals surface area contributed by atoms with E-state index in [4.69, 9.17) is 4.74 Å². The Bertz CT molecular complexity index is 381. The molecule has 16 heavy (non-hydrogen) atoms. The van der Waals surface area contributed by atoms with E-state index in [1.54, 1.807) is 4.90 Å². The van der Waals surface area contributed by atoms with Crippen molar-refractivity contribution in [2.75, 3.05) is 19.6 Å². The highest BCUT2D eigenvalue weighted by molar-refractivity contribution is 5.89. The second-order valence-corrected chi connectivity index (χ2v) is 3.83. The minimum Gasteiger partial charge on any atom is -0.460 e. The van der Waals surface area contributed by atoms with E-state index in [1.807, 2.05) is 30.3 Å². The molecular formula is C12H13NO3. The smallest absolute Gasteiger partial charge is 0.320 e.